The van der Waals surface area contributed by atoms with Gasteiger partial charge in [0.25, 0.3) is 5.56 Å². The van der Waals surface area contributed by atoms with Crippen molar-refractivity contribution in [3.05, 3.63) is 28.7 Å². The molecule has 0 aliphatic heterocycles. The van der Waals surface area contributed by atoms with E-state index in [4.69, 9.17) is 10.5 Å². The second kappa shape index (κ2) is 6.30. The third-order valence-corrected chi connectivity index (χ3v) is 2.15. The molecule has 0 aliphatic carbocycles. The van der Waals surface area contributed by atoms with E-state index >= 15 is 0 Å². The van der Waals surface area contributed by atoms with Gasteiger partial charge in [-0.3, -0.25) is 4.79 Å². The Labute approximate surface area is 95.4 Å². The van der Waals surface area contributed by atoms with E-state index < -0.39 is 0 Å². The van der Waals surface area contributed by atoms with Crippen LogP contribution in [0.25, 0.3) is 0 Å². The van der Waals surface area contributed by atoms with Gasteiger partial charge < -0.3 is 19.9 Å². The molecule has 16 heavy (non-hydrogen) atoms. The topological polar surface area (TPSA) is 60.5 Å². The van der Waals surface area contributed by atoms with Crippen LogP contribution in [0.2, 0.25) is 0 Å². The second-order valence-corrected chi connectivity index (χ2v) is 3.81. The lowest BCUT2D eigenvalue weighted by molar-refractivity contribution is 0.257. The normalized spacial score (nSPS) is 10.8. The highest BCUT2D eigenvalue weighted by Crippen LogP contribution is 2.01. The van der Waals surface area contributed by atoms with Crippen LogP contribution in [0.4, 0.5) is 0 Å². The molecule has 1 aromatic rings. The van der Waals surface area contributed by atoms with E-state index in [-0.39, 0.29) is 5.56 Å². The van der Waals surface area contributed by atoms with Gasteiger partial charge in [-0.1, -0.05) is 0 Å². The standard InChI is InChI=1S/C11H19N3O2/c1-13(2)8-9-16-10-4-3-6-14(7-5-12)11(10)15/h3-4,6H,5,7-9,12H2,1-2H3. The molecule has 5 nitrogen and oxygen atoms in total. The quantitative estimate of drug-likeness (QED) is 0.725. The summed E-state index contributed by atoms with van der Waals surface area (Å²) in [5.41, 5.74) is 5.29. The number of nitrogens with zero attached hydrogens (tertiary/aromatic N) is 2. The zero-order valence-corrected chi connectivity index (χ0v) is 9.85. The number of hydrogen-bond donors (Lipinski definition) is 1. The van der Waals surface area contributed by atoms with E-state index in [0.717, 1.165) is 6.54 Å². The number of ether oxygens (including phenoxy) is 1. The smallest absolute Gasteiger partial charge is 0.292 e. The van der Waals surface area contributed by atoms with E-state index in [1.807, 2.05) is 19.0 Å². The molecule has 5 heteroatoms. The molecule has 0 aromatic carbocycles. The van der Waals surface area contributed by atoms with Crippen LogP contribution < -0.4 is 16.0 Å². The molecule has 0 saturated carbocycles. The highest BCUT2D eigenvalue weighted by Gasteiger charge is 2.03. The molecule has 1 aromatic heterocycles. The largest absolute Gasteiger partial charge is 0.487 e. The van der Waals surface area contributed by atoms with E-state index in [1.54, 1.807) is 22.9 Å². The minimum Gasteiger partial charge on any atom is -0.487 e. The van der Waals surface area contributed by atoms with Crippen molar-refractivity contribution in [2.45, 2.75) is 6.54 Å². The number of hydrogen-bond acceptors (Lipinski definition) is 4. The molecule has 0 saturated heterocycles. The maximum Gasteiger partial charge on any atom is 0.292 e. The molecule has 0 aliphatic rings. The molecule has 1 rings (SSSR count). The Morgan fingerprint density at radius 3 is 2.88 bits per heavy atom. The number of aromatic nitrogens is 1. The van der Waals surface area contributed by atoms with Gasteiger partial charge in [-0.15, -0.1) is 0 Å². The Balaban J connectivity index is 2.66. The van der Waals surface area contributed by atoms with Crippen molar-refractivity contribution >= 4 is 0 Å². The average molecular weight is 225 g/mol. The first-order chi connectivity index (χ1) is 7.65. The van der Waals surface area contributed by atoms with E-state index in [1.165, 1.54) is 0 Å². The van der Waals surface area contributed by atoms with Crippen molar-refractivity contribution in [2.24, 2.45) is 5.73 Å². The predicted molar refractivity (Wildman–Crippen MR) is 63.8 cm³/mol. The van der Waals surface area contributed by atoms with Crippen LogP contribution in [0.15, 0.2) is 23.1 Å². The number of rotatable bonds is 6. The monoisotopic (exact) mass is 225 g/mol. The fourth-order valence-electron chi connectivity index (χ4n) is 1.28. The van der Waals surface area contributed by atoms with Crippen molar-refractivity contribution in [3.8, 4) is 5.75 Å². The molecule has 90 valence electrons. The van der Waals surface area contributed by atoms with Gasteiger partial charge in [0.05, 0.1) is 0 Å². The highest BCUT2D eigenvalue weighted by atomic mass is 16.5. The summed E-state index contributed by atoms with van der Waals surface area (Å²) >= 11 is 0. The second-order valence-electron chi connectivity index (χ2n) is 3.81. The maximum absolute atomic E-state index is 11.8. The first-order valence-corrected chi connectivity index (χ1v) is 5.32. The summed E-state index contributed by atoms with van der Waals surface area (Å²) in [5, 5.41) is 0. The van der Waals surface area contributed by atoms with Gasteiger partial charge in [-0.25, -0.2) is 0 Å². The van der Waals surface area contributed by atoms with Crippen molar-refractivity contribution in [2.75, 3.05) is 33.8 Å². The van der Waals surface area contributed by atoms with Crippen molar-refractivity contribution in [1.82, 2.24) is 9.47 Å². The molecule has 1 heterocycles. The van der Waals surface area contributed by atoms with Crippen LogP contribution in [-0.2, 0) is 6.54 Å². The fraction of sp³-hybridized carbons (Fsp3) is 0.545. The van der Waals surface area contributed by atoms with Gasteiger partial charge in [0.1, 0.15) is 6.61 Å². The zero-order valence-electron chi connectivity index (χ0n) is 9.85. The van der Waals surface area contributed by atoms with Gasteiger partial charge in [-0.2, -0.15) is 0 Å². The van der Waals surface area contributed by atoms with Gasteiger partial charge in [0.2, 0.25) is 0 Å². The first-order valence-electron chi connectivity index (χ1n) is 5.32. The van der Waals surface area contributed by atoms with Gasteiger partial charge in [-0.05, 0) is 26.2 Å². The lowest BCUT2D eigenvalue weighted by atomic mass is 10.4. The molecule has 0 amide bonds. The van der Waals surface area contributed by atoms with Crippen LogP contribution in [-0.4, -0.2) is 43.3 Å². The van der Waals surface area contributed by atoms with Gasteiger partial charge in [0.15, 0.2) is 5.75 Å². The molecule has 0 spiro atoms. The van der Waals surface area contributed by atoms with E-state index in [2.05, 4.69) is 0 Å². The summed E-state index contributed by atoms with van der Waals surface area (Å²) in [4.78, 5) is 13.8. The Kier molecular flexibility index (Phi) is 5.01. The first kappa shape index (κ1) is 12.7. The minimum absolute atomic E-state index is 0.119. The summed E-state index contributed by atoms with van der Waals surface area (Å²) < 4.78 is 6.98. The Morgan fingerprint density at radius 1 is 1.50 bits per heavy atom. The fourth-order valence-corrected chi connectivity index (χ4v) is 1.28. The lowest BCUT2D eigenvalue weighted by Crippen LogP contribution is -2.26. The number of likely N-dealkylation sites (N-methyl/N-ethyl adjacent to an activating group) is 1. The van der Waals surface area contributed by atoms with Crippen molar-refractivity contribution in [1.29, 1.82) is 0 Å². The minimum atomic E-state index is -0.119. The number of nitrogens with two attached hydrogens (primary N) is 1. The Bertz CT molecular complexity index is 374. The van der Waals surface area contributed by atoms with Gasteiger partial charge >= 0.3 is 0 Å². The van der Waals surface area contributed by atoms with Crippen molar-refractivity contribution < 1.29 is 4.74 Å². The zero-order chi connectivity index (χ0) is 12.0. The molecular weight excluding hydrogens is 206 g/mol. The third kappa shape index (κ3) is 3.67. The predicted octanol–water partition coefficient (Wildman–Crippen LogP) is -0.253. The molecule has 0 unspecified atom stereocenters. The van der Waals surface area contributed by atoms with Crippen LogP contribution in [0.3, 0.4) is 0 Å². The maximum atomic E-state index is 11.8. The third-order valence-electron chi connectivity index (χ3n) is 2.15. The van der Waals surface area contributed by atoms with Crippen molar-refractivity contribution in [3.63, 3.8) is 0 Å². The summed E-state index contributed by atoms with van der Waals surface area (Å²) in [6, 6.07) is 3.48. The average Bonchev–Trinajstić information content (AvgIpc) is 2.23. The SMILES string of the molecule is CN(C)CCOc1cccn(CCN)c1=O. The Morgan fingerprint density at radius 2 is 2.25 bits per heavy atom. The number of pyridine rings is 1. The van der Waals surface area contributed by atoms with Crippen LogP contribution in [0.5, 0.6) is 5.75 Å². The van der Waals surface area contributed by atoms with Crippen LogP contribution in [0, 0.1) is 0 Å². The van der Waals surface area contributed by atoms with E-state index in [0.29, 0.717) is 25.4 Å². The Hall–Kier alpha value is -1.33. The summed E-state index contributed by atoms with van der Waals surface area (Å²) in [7, 11) is 3.92. The molecule has 0 atom stereocenters. The van der Waals surface area contributed by atoms with Gasteiger partial charge in [0, 0.05) is 25.8 Å². The lowest BCUT2D eigenvalue weighted by Gasteiger charge is -2.11. The molecule has 0 fully saturated rings. The van der Waals surface area contributed by atoms with Crippen LogP contribution >= 0.6 is 0 Å². The molecule has 0 radical (unpaired) electrons. The summed E-state index contributed by atoms with van der Waals surface area (Å²) in [6.07, 6.45) is 1.72. The molecular formula is C11H19N3O2. The van der Waals surface area contributed by atoms with E-state index in [9.17, 15) is 4.79 Å². The molecule has 0 bridgehead atoms. The van der Waals surface area contributed by atoms with Crippen LogP contribution in [0.1, 0.15) is 0 Å². The summed E-state index contributed by atoms with van der Waals surface area (Å²) in [6.45, 7) is 2.25. The highest BCUT2D eigenvalue weighted by molar-refractivity contribution is 5.17. The summed E-state index contributed by atoms with van der Waals surface area (Å²) in [5.74, 6) is 0.387. The molecule has 2 N–H and O–H groups in total.